The van der Waals surface area contributed by atoms with Gasteiger partial charge in [-0.05, 0) is 31.8 Å². The topological polar surface area (TPSA) is 79.5 Å². The summed E-state index contributed by atoms with van der Waals surface area (Å²) >= 11 is 0. The van der Waals surface area contributed by atoms with E-state index in [4.69, 9.17) is 5.26 Å². The van der Waals surface area contributed by atoms with E-state index >= 15 is 0 Å². The lowest BCUT2D eigenvalue weighted by molar-refractivity contribution is 0.340. The molecule has 0 aromatic heterocycles. The number of oxime groups is 1. The van der Waals surface area contributed by atoms with Gasteiger partial charge in [0.15, 0.2) is 5.71 Å². The van der Waals surface area contributed by atoms with E-state index in [1.54, 1.807) is 0 Å². The van der Waals surface area contributed by atoms with Crippen LogP contribution in [0.2, 0.25) is 0 Å². The van der Waals surface area contributed by atoms with Gasteiger partial charge in [-0.1, -0.05) is 11.2 Å². The first kappa shape index (κ1) is 11.7. The molecule has 6 heteroatoms. The van der Waals surface area contributed by atoms with Crippen LogP contribution in [0.4, 0.5) is 0 Å². The van der Waals surface area contributed by atoms with Gasteiger partial charge in [0.05, 0.1) is 5.75 Å². The molecule has 0 atom stereocenters. The number of nitriles is 1. The van der Waals surface area contributed by atoms with Crippen molar-refractivity contribution >= 4 is 15.8 Å². The standard InChI is InChI=1S/C9H12N2O3S/c1-2-15(12,13)14-11-9(7-10)8-5-3-4-6-8/h5H,2-4,6H2,1H3/b11-9+. The van der Waals surface area contributed by atoms with Crippen LogP contribution in [0.5, 0.6) is 0 Å². The van der Waals surface area contributed by atoms with Crippen LogP contribution in [0.25, 0.3) is 0 Å². The van der Waals surface area contributed by atoms with E-state index in [-0.39, 0.29) is 11.5 Å². The lowest BCUT2D eigenvalue weighted by Crippen LogP contribution is -2.07. The molecule has 0 bridgehead atoms. The van der Waals surface area contributed by atoms with Crippen molar-refractivity contribution in [1.29, 1.82) is 5.26 Å². The summed E-state index contributed by atoms with van der Waals surface area (Å²) in [5, 5.41) is 12.1. The fourth-order valence-electron chi connectivity index (χ4n) is 1.18. The van der Waals surface area contributed by atoms with E-state index in [2.05, 4.69) is 9.44 Å². The summed E-state index contributed by atoms with van der Waals surface area (Å²) in [6, 6.07) is 1.83. The van der Waals surface area contributed by atoms with Crippen molar-refractivity contribution in [2.45, 2.75) is 26.2 Å². The molecule has 0 radical (unpaired) electrons. The SMILES string of the molecule is CCS(=O)(=O)O/N=C(\C#N)C1=CCCC1. The predicted molar refractivity (Wildman–Crippen MR) is 55.5 cm³/mol. The molecule has 0 amide bonds. The largest absolute Gasteiger partial charge is 0.328 e. The van der Waals surface area contributed by atoms with Gasteiger partial charge in [0.25, 0.3) is 0 Å². The van der Waals surface area contributed by atoms with Crippen molar-refractivity contribution in [3.05, 3.63) is 11.6 Å². The molecule has 0 aromatic rings. The van der Waals surface area contributed by atoms with Crippen LogP contribution in [0.1, 0.15) is 26.2 Å². The first-order valence-electron chi connectivity index (χ1n) is 4.68. The molecular weight excluding hydrogens is 216 g/mol. The minimum Gasteiger partial charge on any atom is -0.267 e. The molecule has 0 unspecified atom stereocenters. The molecule has 0 heterocycles. The maximum absolute atomic E-state index is 11.0. The van der Waals surface area contributed by atoms with Gasteiger partial charge < -0.3 is 0 Å². The fourth-order valence-corrected chi connectivity index (χ4v) is 1.48. The van der Waals surface area contributed by atoms with Gasteiger partial charge in [0, 0.05) is 0 Å². The molecule has 0 saturated carbocycles. The van der Waals surface area contributed by atoms with Gasteiger partial charge >= 0.3 is 10.1 Å². The fraction of sp³-hybridized carbons (Fsp3) is 0.556. The molecule has 82 valence electrons. The van der Waals surface area contributed by atoms with Crippen LogP contribution in [0.15, 0.2) is 16.8 Å². The predicted octanol–water partition coefficient (Wildman–Crippen LogP) is 1.34. The summed E-state index contributed by atoms with van der Waals surface area (Å²) < 4.78 is 26.3. The van der Waals surface area contributed by atoms with Gasteiger partial charge in [-0.2, -0.15) is 13.7 Å². The molecule has 0 aliphatic heterocycles. The van der Waals surface area contributed by atoms with E-state index in [0.29, 0.717) is 0 Å². The minimum atomic E-state index is -3.62. The first-order valence-corrected chi connectivity index (χ1v) is 6.25. The van der Waals surface area contributed by atoms with Gasteiger partial charge in [-0.15, -0.1) is 0 Å². The molecule has 1 aliphatic carbocycles. The lowest BCUT2D eigenvalue weighted by Gasteiger charge is -1.99. The zero-order valence-electron chi connectivity index (χ0n) is 8.43. The van der Waals surface area contributed by atoms with Crippen molar-refractivity contribution in [1.82, 2.24) is 0 Å². The molecular formula is C9H12N2O3S. The number of allylic oxidation sites excluding steroid dienone is 2. The number of nitrogens with zero attached hydrogens (tertiary/aromatic N) is 2. The van der Waals surface area contributed by atoms with E-state index in [9.17, 15) is 8.42 Å². The van der Waals surface area contributed by atoms with Gasteiger partial charge in [-0.3, -0.25) is 4.28 Å². The Morgan fingerprint density at radius 3 is 2.93 bits per heavy atom. The summed E-state index contributed by atoms with van der Waals surface area (Å²) in [6.45, 7) is 1.45. The highest BCUT2D eigenvalue weighted by Crippen LogP contribution is 2.19. The van der Waals surface area contributed by atoms with Crippen LogP contribution in [0, 0.1) is 11.3 Å². The Labute approximate surface area is 89.2 Å². The molecule has 0 fully saturated rings. The van der Waals surface area contributed by atoms with Crippen molar-refractivity contribution in [2.24, 2.45) is 5.16 Å². The van der Waals surface area contributed by atoms with Crippen LogP contribution in [-0.4, -0.2) is 19.9 Å². The van der Waals surface area contributed by atoms with Crippen LogP contribution in [-0.2, 0) is 14.4 Å². The Hall–Kier alpha value is -1.35. The average Bonchev–Trinajstić information content (AvgIpc) is 2.72. The van der Waals surface area contributed by atoms with Crippen LogP contribution < -0.4 is 0 Å². The quantitative estimate of drug-likeness (QED) is 0.537. The molecule has 15 heavy (non-hydrogen) atoms. The highest BCUT2D eigenvalue weighted by Gasteiger charge is 2.14. The third-order valence-corrected chi connectivity index (χ3v) is 3.06. The van der Waals surface area contributed by atoms with Crippen LogP contribution >= 0.6 is 0 Å². The number of hydrogen-bond acceptors (Lipinski definition) is 5. The molecule has 1 aliphatic rings. The molecule has 0 aromatic carbocycles. The van der Waals surface area contributed by atoms with Gasteiger partial charge in [-0.25, -0.2) is 0 Å². The third-order valence-electron chi connectivity index (χ3n) is 2.05. The van der Waals surface area contributed by atoms with Crippen molar-refractivity contribution in [3.63, 3.8) is 0 Å². The Balaban J connectivity index is 2.76. The Kier molecular flexibility index (Phi) is 3.86. The zero-order valence-corrected chi connectivity index (χ0v) is 9.25. The zero-order chi connectivity index (χ0) is 11.3. The van der Waals surface area contributed by atoms with Crippen molar-refractivity contribution < 1.29 is 12.7 Å². The van der Waals surface area contributed by atoms with E-state index in [0.717, 1.165) is 24.8 Å². The molecule has 0 N–H and O–H groups in total. The van der Waals surface area contributed by atoms with Gasteiger partial charge in [0.1, 0.15) is 6.07 Å². The number of rotatable bonds is 4. The Morgan fingerprint density at radius 2 is 2.47 bits per heavy atom. The first-order chi connectivity index (χ1) is 7.09. The second kappa shape index (κ2) is 4.94. The highest BCUT2D eigenvalue weighted by molar-refractivity contribution is 7.86. The third kappa shape index (κ3) is 3.36. The minimum absolute atomic E-state index is 0.0597. The molecule has 0 spiro atoms. The maximum atomic E-state index is 11.0. The molecule has 0 saturated heterocycles. The Morgan fingerprint density at radius 1 is 1.73 bits per heavy atom. The van der Waals surface area contributed by atoms with Gasteiger partial charge in [0.2, 0.25) is 0 Å². The molecule has 5 nitrogen and oxygen atoms in total. The second-order valence-corrected chi connectivity index (χ2v) is 4.94. The molecule has 1 rings (SSSR count). The van der Waals surface area contributed by atoms with Crippen molar-refractivity contribution in [2.75, 3.05) is 5.75 Å². The van der Waals surface area contributed by atoms with Crippen molar-refractivity contribution in [3.8, 4) is 6.07 Å². The summed E-state index contributed by atoms with van der Waals surface area (Å²) in [7, 11) is -3.62. The summed E-state index contributed by atoms with van der Waals surface area (Å²) in [5.74, 6) is -0.158. The monoisotopic (exact) mass is 228 g/mol. The summed E-state index contributed by atoms with van der Waals surface area (Å²) in [5.41, 5.74) is 0.827. The second-order valence-electron chi connectivity index (χ2n) is 3.09. The lowest BCUT2D eigenvalue weighted by atomic mass is 10.1. The van der Waals surface area contributed by atoms with E-state index in [1.165, 1.54) is 6.92 Å². The maximum Gasteiger partial charge on any atom is 0.328 e. The summed E-state index contributed by atoms with van der Waals surface area (Å²) in [6.07, 6.45) is 4.50. The summed E-state index contributed by atoms with van der Waals surface area (Å²) in [4.78, 5) is 0. The van der Waals surface area contributed by atoms with E-state index < -0.39 is 10.1 Å². The highest BCUT2D eigenvalue weighted by atomic mass is 32.2. The number of hydrogen-bond donors (Lipinski definition) is 0. The average molecular weight is 228 g/mol. The normalized spacial score (nSPS) is 17.1. The van der Waals surface area contributed by atoms with Crippen LogP contribution in [0.3, 0.4) is 0 Å². The Bertz CT molecular complexity index is 429. The van der Waals surface area contributed by atoms with E-state index in [1.807, 2.05) is 12.1 Å². The smallest absolute Gasteiger partial charge is 0.267 e.